The zero-order valence-electron chi connectivity index (χ0n) is 18.0. The van der Waals surface area contributed by atoms with Crippen molar-refractivity contribution in [2.75, 3.05) is 13.2 Å². The van der Waals surface area contributed by atoms with Crippen LogP contribution in [0.15, 0.2) is 23.3 Å². The molecule has 2 heterocycles. The van der Waals surface area contributed by atoms with Crippen LogP contribution in [-0.4, -0.2) is 39.5 Å². The molecule has 1 aliphatic carbocycles. The summed E-state index contributed by atoms with van der Waals surface area (Å²) in [6.07, 6.45) is 4.30. The molecule has 0 bridgehead atoms. The molecule has 1 saturated carbocycles. The average Bonchev–Trinajstić information content (AvgIpc) is 3.41. The molecule has 3 rings (SSSR count). The minimum atomic E-state index is -0.198. The van der Waals surface area contributed by atoms with E-state index in [4.69, 9.17) is 9.73 Å². The standard InChI is InChI=1S/C22H31N5O2.H2/c1-6-23-22(17-8-9-17)21-14(3)12-20(25-16(21)5)29-13-19(28)24-15(4)18-10-11-27(7-2)26-18;/h10-12,15,17H,6-9,13H2,1-5H3,(H,24,28);1H. The fourth-order valence-electron chi connectivity index (χ4n) is 3.48. The number of amides is 1. The van der Waals surface area contributed by atoms with Crippen molar-refractivity contribution in [2.45, 2.75) is 60.0 Å². The lowest BCUT2D eigenvalue weighted by molar-refractivity contribution is -0.123. The highest BCUT2D eigenvalue weighted by atomic mass is 16.5. The first kappa shape index (κ1) is 21.0. The highest BCUT2D eigenvalue weighted by Crippen LogP contribution is 2.35. The van der Waals surface area contributed by atoms with Gasteiger partial charge in [-0.15, -0.1) is 0 Å². The molecule has 2 aromatic rings. The second-order valence-electron chi connectivity index (χ2n) is 7.55. The number of aliphatic imine (C=N–C) groups is 1. The van der Waals surface area contributed by atoms with E-state index in [9.17, 15) is 4.79 Å². The Morgan fingerprint density at radius 1 is 1.41 bits per heavy atom. The number of carbonyl (C=O) groups is 1. The minimum absolute atomic E-state index is 0. The summed E-state index contributed by atoms with van der Waals surface area (Å²) in [5, 5.41) is 7.34. The van der Waals surface area contributed by atoms with E-state index in [1.54, 1.807) is 0 Å². The Morgan fingerprint density at radius 3 is 2.76 bits per heavy atom. The van der Waals surface area contributed by atoms with E-state index in [2.05, 4.69) is 29.2 Å². The third-order valence-electron chi connectivity index (χ3n) is 5.08. The van der Waals surface area contributed by atoms with E-state index in [0.717, 1.165) is 35.6 Å². The van der Waals surface area contributed by atoms with Crippen LogP contribution in [0.3, 0.4) is 0 Å². The van der Waals surface area contributed by atoms with E-state index >= 15 is 0 Å². The van der Waals surface area contributed by atoms with Crippen molar-refractivity contribution in [3.8, 4) is 5.88 Å². The highest BCUT2D eigenvalue weighted by molar-refractivity contribution is 6.05. The van der Waals surface area contributed by atoms with Crippen molar-refractivity contribution in [2.24, 2.45) is 10.9 Å². The SMILES string of the molecule is CCN=C(c1c(C)cc(OCC(=O)NC(C)c2ccn(CC)n2)nc1C)C1CC1.[HH]. The Hall–Kier alpha value is -2.70. The molecule has 7 heteroatoms. The van der Waals surface area contributed by atoms with Gasteiger partial charge in [-0.1, -0.05) is 0 Å². The Bertz CT molecular complexity index is 882. The number of hydrogen-bond donors (Lipinski definition) is 1. The summed E-state index contributed by atoms with van der Waals surface area (Å²) in [4.78, 5) is 21.6. The van der Waals surface area contributed by atoms with Gasteiger partial charge in [0.1, 0.15) is 0 Å². The van der Waals surface area contributed by atoms with Crippen LogP contribution in [0, 0.1) is 19.8 Å². The van der Waals surface area contributed by atoms with Gasteiger partial charge in [0.2, 0.25) is 5.88 Å². The fourth-order valence-corrected chi connectivity index (χ4v) is 3.48. The molecule has 1 N–H and O–H groups in total. The van der Waals surface area contributed by atoms with Crippen LogP contribution in [0.5, 0.6) is 5.88 Å². The molecule has 1 unspecified atom stereocenters. The smallest absolute Gasteiger partial charge is 0.258 e. The van der Waals surface area contributed by atoms with Crippen molar-refractivity contribution in [1.82, 2.24) is 20.1 Å². The molecular weight excluding hydrogens is 366 g/mol. The monoisotopic (exact) mass is 399 g/mol. The molecule has 1 aliphatic rings. The average molecular weight is 400 g/mol. The largest absolute Gasteiger partial charge is 0.468 e. The fraction of sp³-hybridized carbons (Fsp3) is 0.545. The predicted molar refractivity (Wildman–Crippen MR) is 116 cm³/mol. The zero-order chi connectivity index (χ0) is 21.0. The van der Waals surface area contributed by atoms with Gasteiger partial charge < -0.3 is 10.1 Å². The Labute approximate surface area is 174 Å². The second kappa shape index (κ2) is 9.20. The van der Waals surface area contributed by atoms with Crippen molar-refractivity contribution < 1.29 is 11.0 Å². The number of aryl methyl sites for hydroxylation is 3. The van der Waals surface area contributed by atoms with Crippen LogP contribution in [0.25, 0.3) is 0 Å². The number of ether oxygens (including phenoxy) is 1. The van der Waals surface area contributed by atoms with Gasteiger partial charge in [0, 0.05) is 44.0 Å². The van der Waals surface area contributed by atoms with Crippen molar-refractivity contribution in [1.29, 1.82) is 0 Å². The summed E-state index contributed by atoms with van der Waals surface area (Å²) in [7, 11) is 0. The summed E-state index contributed by atoms with van der Waals surface area (Å²) in [5.74, 6) is 0.828. The van der Waals surface area contributed by atoms with E-state index in [0.29, 0.717) is 11.8 Å². The first-order valence-corrected chi connectivity index (χ1v) is 10.4. The van der Waals surface area contributed by atoms with Crippen molar-refractivity contribution in [3.05, 3.63) is 40.8 Å². The van der Waals surface area contributed by atoms with Crippen LogP contribution in [0.2, 0.25) is 0 Å². The van der Waals surface area contributed by atoms with Gasteiger partial charge in [-0.3, -0.25) is 14.5 Å². The number of hydrogen-bond acceptors (Lipinski definition) is 5. The van der Waals surface area contributed by atoms with Crippen LogP contribution < -0.4 is 10.1 Å². The summed E-state index contributed by atoms with van der Waals surface area (Å²) in [6.45, 7) is 11.5. The minimum Gasteiger partial charge on any atom is -0.468 e. The first-order valence-electron chi connectivity index (χ1n) is 10.4. The lowest BCUT2D eigenvalue weighted by atomic mass is 9.99. The lowest BCUT2D eigenvalue weighted by Crippen LogP contribution is -2.31. The molecule has 0 aliphatic heterocycles. The summed E-state index contributed by atoms with van der Waals surface area (Å²) in [5.41, 5.74) is 5.12. The van der Waals surface area contributed by atoms with Gasteiger partial charge in [-0.05, 0) is 59.1 Å². The molecule has 1 amide bonds. The third kappa shape index (κ3) is 5.22. The van der Waals surface area contributed by atoms with Crippen LogP contribution >= 0.6 is 0 Å². The van der Waals surface area contributed by atoms with Gasteiger partial charge >= 0.3 is 0 Å². The number of aromatic nitrogens is 3. The maximum Gasteiger partial charge on any atom is 0.258 e. The maximum atomic E-state index is 12.3. The molecule has 1 atom stereocenters. The molecular formula is C22H33N5O2. The maximum absolute atomic E-state index is 12.3. The van der Waals surface area contributed by atoms with Crippen molar-refractivity contribution >= 4 is 11.6 Å². The number of nitrogens with one attached hydrogen (secondary N) is 1. The highest BCUT2D eigenvalue weighted by Gasteiger charge is 2.30. The predicted octanol–water partition coefficient (Wildman–Crippen LogP) is 3.64. The first-order chi connectivity index (χ1) is 13.9. The van der Waals surface area contributed by atoms with Gasteiger partial charge in [-0.2, -0.15) is 5.10 Å². The summed E-state index contributed by atoms with van der Waals surface area (Å²) < 4.78 is 7.51. The molecule has 158 valence electrons. The van der Waals surface area contributed by atoms with Gasteiger partial charge in [-0.25, -0.2) is 4.98 Å². The van der Waals surface area contributed by atoms with E-state index in [-0.39, 0.29) is 20.0 Å². The molecule has 0 spiro atoms. The van der Waals surface area contributed by atoms with E-state index < -0.39 is 0 Å². The molecule has 0 aromatic carbocycles. The Balaban J connectivity index is 0.00000320. The van der Waals surface area contributed by atoms with Crippen LogP contribution in [0.1, 0.15) is 63.6 Å². The Kier molecular flexibility index (Phi) is 6.67. The lowest BCUT2D eigenvalue weighted by Gasteiger charge is -2.15. The van der Waals surface area contributed by atoms with Gasteiger partial charge in [0.25, 0.3) is 5.91 Å². The van der Waals surface area contributed by atoms with Crippen LogP contribution in [-0.2, 0) is 11.3 Å². The van der Waals surface area contributed by atoms with Crippen LogP contribution in [0.4, 0.5) is 0 Å². The summed E-state index contributed by atoms with van der Waals surface area (Å²) in [6, 6.07) is 3.64. The molecule has 0 saturated heterocycles. The van der Waals surface area contributed by atoms with E-state index in [1.165, 1.54) is 18.6 Å². The molecule has 0 radical (unpaired) electrons. The number of rotatable bonds is 9. The topological polar surface area (TPSA) is 81.4 Å². The molecule has 29 heavy (non-hydrogen) atoms. The Morgan fingerprint density at radius 2 is 2.17 bits per heavy atom. The number of pyridine rings is 1. The normalized spacial score (nSPS) is 15.3. The zero-order valence-corrected chi connectivity index (χ0v) is 18.0. The van der Waals surface area contributed by atoms with Gasteiger partial charge in [0.05, 0.1) is 17.4 Å². The van der Waals surface area contributed by atoms with E-state index in [1.807, 2.05) is 43.8 Å². The third-order valence-corrected chi connectivity index (χ3v) is 5.08. The molecule has 7 nitrogen and oxygen atoms in total. The molecule has 1 fully saturated rings. The molecule has 2 aromatic heterocycles. The van der Waals surface area contributed by atoms with Gasteiger partial charge in [0.15, 0.2) is 6.61 Å². The second-order valence-corrected chi connectivity index (χ2v) is 7.55. The summed E-state index contributed by atoms with van der Waals surface area (Å²) >= 11 is 0. The number of nitrogens with zero attached hydrogens (tertiary/aromatic N) is 4. The quantitative estimate of drug-likeness (QED) is 0.653. The number of carbonyl (C=O) groups excluding carboxylic acids is 1. The van der Waals surface area contributed by atoms with Crippen molar-refractivity contribution in [3.63, 3.8) is 0 Å².